The molecule has 0 aliphatic heterocycles. The zero-order chi connectivity index (χ0) is 19.1. The van der Waals surface area contributed by atoms with Crippen molar-refractivity contribution in [3.63, 3.8) is 0 Å². The quantitative estimate of drug-likeness (QED) is 0.766. The number of hydrogen-bond donors (Lipinski definition) is 1. The summed E-state index contributed by atoms with van der Waals surface area (Å²) in [6.07, 6.45) is 0.0874. The minimum Gasteiger partial charge on any atom is -0.493 e. The molecule has 0 saturated heterocycles. The van der Waals surface area contributed by atoms with Crippen LogP contribution < -0.4 is 10.1 Å². The summed E-state index contributed by atoms with van der Waals surface area (Å²) < 4.78 is 10.6. The smallest absolute Gasteiger partial charge is 0.309 e. The maximum atomic E-state index is 12.0. The van der Waals surface area contributed by atoms with Crippen molar-refractivity contribution in [2.75, 3.05) is 18.5 Å². The molecule has 0 aliphatic carbocycles. The van der Waals surface area contributed by atoms with Gasteiger partial charge in [0, 0.05) is 5.69 Å². The monoisotopic (exact) mass is 355 g/mol. The standard InChI is InChI=1S/C21H25NO4/c1-14-8-9-15(2)18(12-14)25-11-10-20(24)26-13-19(23)22-21-16(3)6-5-7-17(21)4/h5-9,12H,10-11,13H2,1-4H3,(H,22,23). The minimum absolute atomic E-state index is 0.0874. The molecule has 0 aromatic heterocycles. The number of esters is 1. The van der Waals surface area contributed by atoms with Gasteiger partial charge < -0.3 is 14.8 Å². The second-order valence-electron chi connectivity index (χ2n) is 6.34. The van der Waals surface area contributed by atoms with Crippen molar-refractivity contribution >= 4 is 17.6 Å². The fourth-order valence-corrected chi connectivity index (χ4v) is 2.51. The molecule has 0 atom stereocenters. The van der Waals surface area contributed by atoms with E-state index < -0.39 is 5.97 Å². The van der Waals surface area contributed by atoms with E-state index in [0.717, 1.165) is 33.7 Å². The molecule has 1 amide bonds. The lowest BCUT2D eigenvalue weighted by Gasteiger charge is -2.12. The van der Waals surface area contributed by atoms with Gasteiger partial charge in [0.05, 0.1) is 13.0 Å². The van der Waals surface area contributed by atoms with Crippen LogP contribution >= 0.6 is 0 Å². The van der Waals surface area contributed by atoms with E-state index >= 15 is 0 Å². The Balaban J connectivity index is 1.74. The van der Waals surface area contributed by atoms with Gasteiger partial charge in [-0.05, 0) is 56.0 Å². The summed E-state index contributed by atoms with van der Waals surface area (Å²) in [6.45, 7) is 7.66. The largest absolute Gasteiger partial charge is 0.493 e. The number of para-hydroxylation sites is 1. The molecule has 0 spiro atoms. The van der Waals surface area contributed by atoms with Gasteiger partial charge in [-0.15, -0.1) is 0 Å². The number of carbonyl (C=O) groups is 2. The van der Waals surface area contributed by atoms with Crippen LogP contribution in [0.5, 0.6) is 5.75 Å². The van der Waals surface area contributed by atoms with Crippen molar-refractivity contribution in [1.29, 1.82) is 0 Å². The first-order valence-corrected chi connectivity index (χ1v) is 8.58. The second-order valence-corrected chi connectivity index (χ2v) is 6.34. The summed E-state index contributed by atoms with van der Waals surface area (Å²) in [6, 6.07) is 11.7. The van der Waals surface area contributed by atoms with Gasteiger partial charge in [0.2, 0.25) is 0 Å². The molecule has 0 heterocycles. The van der Waals surface area contributed by atoms with E-state index in [4.69, 9.17) is 9.47 Å². The van der Waals surface area contributed by atoms with Crippen LogP contribution in [0.3, 0.4) is 0 Å². The van der Waals surface area contributed by atoms with E-state index in [0.29, 0.717) is 0 Å². The third-order valence-electron chi connectivity index (χ3n) is 4.02. The Morgan fingerprint density at radius 3 is 2.35 bits per heavy atom. The van der Waals surface area contributed by atoms with Crippen molar-refractivity contribution in [3.05, 3.63) is 58.7 Å². The van der Waals surface area contributed by atoms with Crippen molar-refractivity contribution in [3.8, 4) is 5.75 Å². The summed E-state index contributed by atoms with van der Waals surface area (Å²) in [7, 11) is 0. The van der Waals surface area contributed by atoms with Gasteiger partial charge in [-0.2, -0.15) is 0 Å². The third kappa shape index (κ3) is 5.62. The number of ether oxygens (including phenoxy) is 2. The Kier molecular flexibility index (Phi) is 6.78. The normalized spacial score (nSPS) is 10.3. The summed E-state index contributed by atoms with van der Waals surface area (Å²) in [5.41, 5.74) is 4.79. The van der Waals surface area contributed by atoms with Gasteiger partial charge >= 0.3 is 5.97 Å². The van der Waals surface area contributed by atoms with Crippen LogP contribution in [0.25, 0.3) is 0 Å². The minimum atomic E-state index is -0.466. The molecule has 5 heteroatoms. The molecule has 26 heavy (non-hydrogen) atoms. The number of amides is 1. The summed E-state index contributed by atoms with van der Waals surface area (Å²) >= 11 is 0. The average molecular weight is 355 g/mol. The highest BCUT2D eigenvalue weighted by atomic mass is 16.5. The molecule has 0 unspecified atom stereocenters. The molecular formula is C21H25NO4. The van der Waals surface area contributed by atoms with Crippen molar-refractivity contribution in [1.82, 2.24) is 0 Å². The van der Waals surface area contributed by atoms with Crippen molar-refractivity contribution < 1.29 is 19.1 Å². The number of carbonyl (C=O) groups excluding carboxylic acids is 2. The van der Waals surface area contributed by atoms with E-state index in [-0.39, 0.29) is 25.5 Å². The van der Waals surface area contributed by atoms with Crippen LogP contribution in [-0.4, -0.2) is 25.1 Å². The summed E-state index contributed by atoms with van der Waals surface area (Å²) in [5.74, 6) is -0.0660. The van der Waals surface area contributed by atoms with Crippen molar-refractivity contribution in [2.24, 2.45) is 0 Å². The second kappa shape index (κ2) is 9.04. The van der Waals surface area contributed by atoms with Crippen LogP contribution in [0.15, 0.2) is 36.4 Å². The molecular weight excluding hydrogens is 330 g/mol. The Morgan fingerprint density at radius 2 is 1.65 bits per heavy atom. The van der Waals surface area contributed by atoms with Crippen LogP contribution in [0.1, 0.15) is 28.7 Å². The number of benzene rings is 2. The highest BCUT2D eigenvalue weighted by Gasteiger charge is 2.11. The lowest BCUT2D eigenvalue weighted by atomic mass is 10.1. The van der Waals surface area contributed by atoms with Gasteiger partial charge in [0.25, 0.3) is 5.91 Å². The van der Waals surface area contributed by atoms with Crippen LogP contribution in [-0.2, 0) is 14.3 Å². The fourth-order valence-electron chi connectivity index (χ4n) is 2.51. The fraction of sp³-hybridized carbons (Fsp3) is 0.333. The predicted molar refractivity (Wildman–Crippen MR) is 102 cm³/mol. The highest BCUT2D eigenvalue weighted by molar-refractivity contribution is 5.94. The maximum Gasteiger partial charge on any atom is 0.309 e. The molecule has 1 N–H and O–H groups in total. The number of anilines is 1. The van der Waals surface area contributed by atoms with E-state index in [1.165, 1.54) is 0 Å². The first kappa shape index (κ1) is 19.5. The van der Waals surface area contributed by atoms with E-state index in [9.17, 15) is 9.59 Å². The molecule has 0 fully saturated rings. The molecule has 138 valence electrons. The van der Waals surface area contributed by atoms with Gasteiger partial charge in [-0.3, -0.25) is 9.59 Å². The Bertz CT molecular complexity index is 778. The van der Waals surface area contributed by atoms with Gasteiger partial charge in [0.15, 0.2) is 6.61 Å². The van der Waals surface area contributed by atoms with Gasteiger partial charge in [0.1, 0.15) is 5.75 Å². The van der Waals surface area contributed by atoms with Crippen LogP contribution in [0.2, 0.25) is 0 Å². The maximum absolute atomic E-state index is 12.0. The molecule has 5 nitrogen and oxygen atoms in total. The molecule has 0 saturated carbocycles. The van der Waals surface area contributed by atoms with Crippen LogP contribution in [0.4, 0.5) is 5.69 Å². The molecule has 0 radical (unpaired) electrons. The van der Waals surface area contributed by atoms with Crippen molar-refractivity contribution in [2.45, 2.75) is 34.1 Å². The zero-order valence-electron chi connectivity index (χ0n) is 15.7. The molecule has 0 aliphatic rings. The molecule has 2 aromatic carbocycles. The Hall–Kier alpha value is -2.82. The average Bonchev–Trinajstić information content (AvgIpc) is 2.59. The number of nitrogens with one attached hydrogen (secondary N) is 1. The van der Waals surface area contributed by atoms with E-state index in [1.807, 2.05) is 64.1 Å². The first-order chi connectivity index (χ1) is 12.4. The SMILES string of the molecule is Cc1ccc(C)c(OCCC(=O)OCC(=O)Nc2c(C)cccc2C)c1. The Morgan fingerprint density at radius 1 is 0.962 bits per heavy atom. The lowest BCUT2D eigenvalue weighted by molar-refractivity contribution is -0.147. The number of aryl methyl sites for hydroxylation is 4. The Labute approximate surface area is 154 Å². The zero-order valence-corrected chi connectivity index (χ0v) is 15.7. The highest BCUT2D eigenvalue weighted by Crippen LogP contribution is 2.20. The van der Waals surface area contributed by atoms with E-state index in [2.05, 4.69) is 5.32 Å². The van der Waals surface area contributed by atoms with E-state index in [1.54, 1.807) is 0 Å². The molecule has 0 bridgehead atoms. The van der Waals surface area contributed by atoms with Gasteiger partial charge in [-0.1, -0.05) is 30.3 Å². The third-order valence-corrected chi connectivity index (χ3v) is 4.02. The molecule has 2 aromatic rings. The summed E-state index contributed by atoms with van der Waals surface area (Å²) in [4.78, 5) is 23.8. The van der Waals surface area contributed by atoms with Crippen LogP contribution in [0, 0.1) is 27.7 Å². The number of rotatable bonds is 7. The topological polar surface area (TPSA) is 64.6 Å². The lowest BCUT2D eigenvalue weighted by Crippen LogP contribution is -2.22. The summed E-state index contributed by atoms with van der Waals surface area (Å²) in [5, 5.41) is 2.78. The predicted octanol–water partition coefficient (Wildman–Crippen LogP) is 3.87. The first-order valence-electron chi connectivity index (χ1n) is 8.58. The molecule has 2 rings (SSSR count). The number of hydrogen-bond acceptors (Lipinski definition) is 4. The van der Waals surface area contributed by atoms with Gasteiger partial charge in [-0.25, -0.2) is 0 Å².